The third-order valence-corrected chi connectivity index (χ3v) is 2.48. The van der Waals surface area contributed by atoms with Crippen LogP contribution in [0.2, 0.25) is 0 Å². The number of hydrogen-bond donors (Lipinski definition) is 5. The van der Waals surface area contributed by atoms with Crippen molar-refractivity contribution in [2.24, 2.45) is 0 Å². The van der Waals surface area contributed by atoms with Gasteiger partial charge in [0.15, 0.2) is 6.29 Å². The average Bonchev–Trinajstić information content (AvgIpc) is 2.08. The Morgan fingerprint density at radius 3 is 2.25 bits per heavy atom. The minimum Gasteiger partial charge on any atom is -0.394 e. The Balaban J connectivity index is 2.63. The fourth-order valence-corrected chi connectivity index (χ4v) is 1.42. The molecule has 0 aromatic heterocycles. The van der Waals surface area contributed by atoms with Crippen LogP contribution in [0.4, 0.5) is 0 Å². The minimum absolute atomic E-state index is 0.415. The summed E-state index contributed by atoms with van der Waals surface area (Å²) >= 11 is 3.87. The van der Waals surface area contributed by atoms with E-state index in [0.717, 1.165) is 0 Å². The van der Waals surface area contributed by atoms with Crippen molar-refractivity contribution < 1.29 is 25.2 Å². The fourth-order valence-electron chi connectivity index (χ4n) is 1.08. The van der Waals surface area contributed by atoms with Crippen LogP contribution in [0, 0.1) is 0 Å². The van der Waals surface area contributed by atoms with Gasteiger partial charge in [-0.15, -0.1) is 0 Å². The van der Waals surface area contributed by atoms with Crippen LogP contribution in [0.5, 0.6) is 0 Å². The normalized spacial score (nSPS) is 49.2. The lowest BCUT2D eigenvalue weighted by Gasteiger charge is -2.37. The highest BCUT2D eigenvalue weighted by molar-refractivity contribution is 7.81. The minimum atomic E-state index is -1.40. The summed E-state index contributed by atoms with van der Waals surface area (Å²) in [6.07, 6.45) is -4.58. The second kappa shape index (κ2) is 3.91. The third kappa shape index (κ3) is 1.73. The van der Waals surface area contributed by atoms with E-state index in [1.807, 2.05) is 0 Å². The maximum atomic E-state index is 9.29. The van der Waals surface area contributed by atoms with Crippen LogP contribution in [0.1, 0.15) is 0 Å². The Morgan fingerprint density at radius 2 is 1.75 bits per heavy atom. The van der Waals surface area contributed by atoms with Crippen LogP contribution in [0.3, 0.4) is 0 Å². The predicted octanol–water partition coefficient (Wildman–Crippen LogP) is -2.28. The second-order valence-corrected chi connectivity index (χ2v) is 3.32. The quantitative estimate of drug-likeness (QED) is 0.305. The molecule has 0 aromatic rings. The number of ether oxygens (including phenoxy) is 1. The average molecular weight is 196 g/mol. The number of rotatable bonds is 1. The summed E-state index contributed by atoms with van der Waals surface area (Å²) in [7, 11) is 0. The van der Waals surface area contributed by atoms with Crippen LogP contribution in [-0.2, 0) is 4.74 Å². The van der Waals surface area contributed by atoms with Crippen LogP contribution in [-0.4, -0.2) is 56.9 Å². The van der Waals surface area contributed by atoms with E-state index in [-0.39, 0.29) is 0 Å². The smallest absolute Gasteiger partial charge is 0.182 e. The summed E-state index contributed by atoms with van der Waals surface area (Å²) in [6, 6.07) is 0. The highest BCUT2D eigenvalue weighted by Gasteiger charge is 2.41. The summed E-state index contributed by atoms with van der Waals surface area (Å²) in [5, 5.41) is 35.3. The van der Waals surface area contributed by atoms with E-state index in [0.29, 0.717) is 0 Å². The van der Waals surface area contributed by atoms with E-state index < -0.39 is 36.5 Å². The van der Waals surface area contributed by atoms with Gasteiger partial charge in [0, 0.05) is 0 Å². The molecule has 1 heterocycles. The number of aliphatic hydroxyl groups is 4. The first-order chi connectivity index (χ1) is 5.57. The SMILES string of the molecule is OC[C@H]1O[C@@H](O)[C@H](O)[C@H](S)[C@@H]1O. The number of thiol groups is 1. The van der Waals surface area contributed by atoms with Crippen LogP contribution >= 0.6 is 12.6 Å². The van der Waals surface area contributed by atoms with Crippen LogP contribution < -0.4 is 0 Å². The van der Waals surface area contributed by atoms with E-state index in [9.17, 15) is 5.11 Å². The molecule has 0 aliphatic carbocycles. The van der Waals surface area contributed by atoms with Gasteiger partial charge in [-0.3, -0.25) is 0 Å². The van der Waals surface area contributed by atoms with E-state index in [1.54, 1.807) is 0 Å². The molecule has 0 bridgehead atoms. The summed E-state index contributed by atoms with van der Waals surface area (Å²) in [6.45, 7) is -0.415. The van der Waals surface area contributed by atoms with Gasteiger partial charge in [-0.1, -0.05) is 0 Å². The van der Waals surface area contributed by atoms with Gasteiger partial charge in [-0.2, -0.15) is 12.6 Å². The van der Waals surface area contributed by atoms with Gasteiger partial charge in [-0.25, -0.2) is 0 Å². The highest BCUT2D eigenvalue weighted by Crippen LogP contribution is 2.23. The lowest BCUT2D eigenvalue weighted by Crippen LogP contribution is -2.56. The first-order valence-electron chi connectivity index (χ1n) is 3.56. The molecule has 1 fully saturated rings. The second-order valence-electron chi connectivity index (χ2n) is 2.72. The predicted molar refractivity (Wildman–Crippen MR) is 42.8 cm³/mol. The lowest BCUT2D eigenvalue weighted by molar-refractivity contribution is -0.247. The molecule has 5 atom stereocenters. The Kier molecular flexibility index (Phi) is 3.33. The third-order valence-electron chi connectivity index (χ3n) is 1.87. The molecule has 0 aromatic carbocycles. The molecule has 1 aliphatic rings. The summed E-state index contributed by atoms with van der Waals surface area (Å²) < 4.78 is 4.69. The summed E-state index contributed by atoms with van der Waals surface area (Å²) in [5.74, 6) is 0. The zero-order valence-electron chi connectivity index (χ0n) is 6.24. The molecular weight excluding hydrogens is 184 g/mol. The lowest BCUT2D eigenvalue weighted by atomic mass is 10.0. The highest BCUT2D eigenvalue weighted by atomic mass is 32.1. The molecule has 0 amide bonds. The molecule has 0 saturated carbocycles. The van der Waals surface area contributed by atoms with Gasteiger partial charge in [0.2, 0.25) is 0 Å². The Labute approximate surface area is 75.0 Å². The van der Waals surface area contributed by atoms with Crippen molar-refractivity contribution in [1.29, 1.82) is 0 Å². The van der Waals surface area contributed by atoms with Crippen molar-refractivity contribution in [3.05, 3.63) is 0 Å². The maximum Gasteiger partial charge on any atom is 0.182 e. The van der Waals surface area contributed by atoms with Gasteiger partial charge in [0.25, 0.3) is 0 Å². The van der Waals surface area contributed by atoms with E-state index in [1.165, 1.54) is 0 Å². The molecule has 12 heavy (non-hydrogen) atoms. The van der Waals surface area contributed by atoms with Gasteiger partial charge >= 0.3 is 0 Å². The monoisotopic (exact) mass is 196 g/mol. The van der Waals surface area contributed by atoms with Crippen molar-refractivity contribution in [2.45, 2.75) is 29.9 Å². The summed E-state index contributed by atoms with van der Waals surface area (Å²) in [5.41, 5.74) is 0. The Bertz CT molecular complexity index is 150. The molecular formula is C6H12O5S. The van der Waals surface area contributed by atoms with Crippen LogP contribution in [0.25, 0.3) is 0 Å². The topological polar surface area (TPSA) is 90.2 Å². The molecule has 1 saturated heterocycles. The zero-order chi connectivity index (χ0) is 9.30. The molecule has 6 heteroatoms. The van der Waals surface area contributed by atoms with Crippen molar-refractivity contribution in [1.82, 2.24) is 0 Å². The van der Waals surface area contributed by atoms with Crippen molar-refractivity contribution in [3.8, 4) is 0 Å². The molecule has 1 rings (SSSR count). The van der Waals surface area contributed by atoms with Crippen LogP contribution in [0.15, 0.2) is 0 Å². The molecule has 72 valence electrons. The molecule has 5 nitrogen and oxygen atoms in total. The van der Waals surface area contributed by atoms with Gasteiger partial charge < -0.3 is 25.2 Å². The zero-order valence-corrected chi connectivity index (χ0v) is 7.13. The van der Waals surface area contributed by atoms with Gasteiger partial charge in [0.05, 0.1) is 18.0 Å². The first-order valence-corrected chi connectivity index (χ1v) is 4.08. The van der Waals surface area contributed by atoms with Crippen molar-refractivity contribution in [2.75, 3.05) is 6.61 Å². The standard InChI is InChI=1S/C6H12O5S/c7-1-2-3(8)5(12)4(9)6(10)11-2/h2-10,12H,1H2/t2-,3-,4-,5-,6-/m1/s1. The molecule has 0 unspecified atom stereocenters. The van der Waals surface area contributed by atoms with E-state index in [2.05, 4.69) is 17.4 Å². The van der Waals surface area contributed by atoms with Crippen molar-refractivity contribution >= 4 is 12.6 Å². The first kappa shape index (κ1) is 10.2. The van der Waals surface area contributed by atoms with Gasteiger partial charge in [-0.05, 0) is 0 Å². The summed E-state index contributed by atoms with van der Waals surface area (Å²) in [4.78, 5) is 0. The Morgan fingerprint density at radius 1 is 1.17 bits per heavy atom. The number of hydrogen-bond acceptors (Lipinski definition) is 6. The van der Waals surface area contributed by atoms with Crippen molar-refractivity contribution in [3.63, 3.8) is 0 Å². The number of aliphatic hydroxyl groups excluding tert-OH is 4. The fraction of sp³-hybridized carbons (Fsp3) is 1.00. The molecule has 0 spiro atoms. The molecule has 1 aliphatic heterocycles. The maximum absolute atomic E-state index is 9.29. The molecule has 0 radical (unpaired) electrons. The largest absolute Gasteiger partial charge is 0.394 e. The molecule has 4 N–H and O–H groups in total. The Hall–Kier alpha value is 0.150. The van der Waals surface area contributed by atoms with E-state index in [4.69, 9.17) is 15.3 Å². The van der Waals surface area contributed by atoms with E-state index >= 15 is 0 Å². The van der Waals surface area contributed by atoms with Gasteiger partial charge in [0.1, 0.15) is 12.2 Å².